The van der Waals surface area contributed by atoms with Crippen molar-refractivity contribution in [2.75, 3.05) is 0 Å². The Morgan fingerprint density at radius 3 is 3.20 bits per heavy atom. The van der Waals surface area contributed by atoms with Crippen LogP contribution in [0.25, 0.3) is 5.65 Å². The highest BCUT2D eigenvalue weighted by Gasteiger charge is 1.91. The van der Waals surface area contributed by atoms with Crippen LogP contribution in [0.1, 0.15) is 0 Å². The maximum absolute atomic E-state index is 5.01. The highest BCUT2D eigenvalue weighted by molar-refractivity contribution is 7.73. The second-order valence-electron chi connectivity index (χ2n) is 1.88. The zero-order valence-electron chi connectivity index (χ0n) is 5.02. The van der Waals surface area contributed by atoms with Gasteiger partial charge >= 0.3 is 0 Å². The number of fused-ring (bicyclic) bond motifs is 1. The van der Waals surface area contributed by atoms with E-state index in [-0.39, 0.29) is 0 Å². The molecule has 2 nitrogen and oxygen atoms in total. The summed E-state index contributed by atoms with van der Waals surface area (Å²) in [5.41, 5.74) is 0.928. The molecule has 0 aliphatic heterocycles. The van der Waals surface area contributed by atoms with Crippen molar-refractivity contribution < 1.29 is 0 Å². The summed E-state index contributed by atoms with van der Waals surface area (Å²) in [4.78, 5) is 0. The minimum atomic E-state index is 0.801. The summed E-state index contributed by atoms with van der Waals surface area (Å²) in [6, 6.07) is 5.83. The van der Waals surface area contributed by atoms with Gasteiger partial charge < -0.3 is 0 Å². The van der Waals surface area contributed by atoms with Crippen LogP contribution in [0.4, 0.5) is 0 Å². The van der Waals surface area contributed by atoms with E-state index in [2.05, 4.69) is 4.37 Å². The summed E-state index contributed by atoms with van der Waals surface area (Å²) in [6.45, 7) is 0. The highest BCUT2D eigenvalue weighted by atomic mass is 32.2. The number of nitrogens with zero attached hydrogens (tertiary/aromatic N) is 2. The fraction of sp³-hybridized carbons (Fsp3) is 0. The molecule has 0 aromatic carbocycles. The topological polar surface area (TPSA) is 17.3 Å². The summed E-state index contributed by atoms with van der Waals surface area (Å²) in [7, 11) is 0. The molecular weight excluding hydrogens is 164 g/mol. The van der Waals surface area contributed by atoms with Crippen molar-refractivity contribution in [3.8, 4) is 0 Å². The van der Waals surface area contributed by atoms with Gasteiger partial charge in [-0.15, -0.1) is 0 Å². The first-order valence-electron chi connectivity index (χ1n) is 2.81. The molecule has 2 aromatic heterocycles. The molecule has 0 saturated carbocycles. The lowest BCUT2D eigenvalue weighted by Crippen LogP contribution is -1.79. The van der Waals surface area contributed by atoms with E-state index in [0.717, 1.165) is 9.60 Å². The third-order valence-corrected chi connectivity index (χ3v) is 2.30. The normalized spacial score (nSPS) is 10.4. The van der Waals surface area contributed by atoms with Gasteiger partial charge in [-0.1, -0.05) is 6.07 Å². The monoisotopic (exact) mass is 168 g/mol. The average molecular weight is 168 g/mol. The predicted molar refractivity (Wildman–Crippen MR) is 43.9 cm³/mol. The summed E-state index contributed by atoms with van der Waals surface area (Å²) in [5.74, 6) is 0. The van der Waals surface area contributed by atoms with Gasteiger partial charge in [-0.25, -0.2) is 0 Å². The molecule has 0 spiro atoms. The molecule has 50 valence electrons. The van der Waals surface area contributed by atoms with Crippen molar-refractivity contribution >= 4 is 29.4 Å². The van der Waals surface area contributed by atoms with Crippen LogP contribution < -0.4 is 0 Å². The van der Waals surface area contributed by atoms with E-state index in [9.17, 15) is 0 Å². The molecule has 4 heteroatoms. The van der Waals surface area contributed by atoms with Gasteiger partial charge in [-0.05, 0) is 35.9 Å². The van der Waals surface area contributed by atoms with Crippen LogP contribution in [0.15, 0.2) is 24.4 Å². The Morgan fingerprint density at radius 2 is 2.40 bits per heavy atom. The maximum atomic E-state index is 5.01. The second kappa shape index (κ2) is 2.14. The number of aromatic nitrogens is 2. The average Bonchev–Trinajstić information content (AvgIpc) is 2.34. The molecule has 2 aromatic rings. The van der Waals surface area contributed by atoms with Gasteiger partial charge in [0.2, 0.25) is 0 Å². The molecule has 0 radical (unpaired) electrons. The number of hydrogen-bond donors (Lipinski definition) is 0. The smallest absolute Gasteiger partial charge is 0.185 e. The van der Waals surface area contributed by atoms with Crippen molar-refractivity contribution in [2.24, 2.45) is 0 Å². The fourth-order valence-electron chi connectivity index (χ4n) is 0.793. The zero-order valence-corrected chi connectivity index (χ0v) is 6.65. The number of hydrogen-bond acceptors (Lipinski definition) is 3. The molecule has 0 bridgehead atoms. The minimum absolute atomic E-state index is 0.801. The van der Waals surface area contributed by atoms with Gasteiger partial charge in [0.25, 0.3) is 0 Å². The van der Waals surface area contributed by atoms with E-state index >= 15 is 0 Å². The van der Waals surface area contributed by atoms with E-state index in [4.69, 9.17) is 12.2 Å². The van der Waals surface area contributed by atoms with Crippen molar-refractivity contribution in [3.63, 3.8) is 0 Å². The lowest BCUT2D eigenvalue weighted by Gasteiger charge is -1.86. The molecule has 0 aliphatic carbocycles. The standard InChI is InChI=1S/C6H4N2S2/c9-6-8-4-2-1-3-5(8)7-10-6/h1-4H. The largest absolute Gasteiger partial charge is 0.282 e. The van der Waals surface area contributed by atoms with Crippen molar-refractivity contribution in [1.82, 2.24) is 8.77 Å². The highest BCUT2D eigenvalue weighted by Crippen LogP contribution is 2.05. The van der Waals surface area contributed by atoms with E-state index < -0.39 is 0 Å². The summed E-state index contributed by atoms with van der Waals surface area (Å²) in [6.07, 6.45) is 1.92. The Kier molecular flexibility index (Phi) is 1.28. The molecule has 0 atom stereocenters. The van der Waals surface area contributed by atoms with Crippen LogP contribution in [0.5, 0.6) is 0 Å². The van der Waals surface area contributed by atoms with Crippen LogP contribution in [0.2, 0.25) is 0 Å². The lowest BCUT2D eigenvalue weighted by atomic mass is 10.5. The maximum Gasteiger partial charge on any atom is 0.185 e. The molecule has 2 heterocycles. The Balaban J connectivity index is 3.07. The molecule has 0 amide bonds. The Morgan fingerprint density at radius 1 is 1.50 bits per heavy atom. The first-order valence-corrected chi connectivity index (χ1v) is 3.99. The van der Waals surface area contributed by atoms with E-state index in [0.29, 0.717) is 0 Å². The van der Waals surface area contributed by atoms with Gasteiger partial charge in [0, 0.05) is 6.20 Å². The van der Waals surface area contributed by atoms with Crippen molar-refractivity contribution in [1.29, 1.82) is 0 Å². The van der Waals surface area contributed by atoms with E-state index in [1.54, 1.807) is 0 Å². The molecule has 2 rings (SSSR count). The van der Waals surface area contributed by atoms with E-state index in [1.807, 2.05) is 28.8 Å². The minimum Gasteiger partial charge on any atom is -0.282 e. The molecule has 10 heavy (non-hydrogen) atoms. The van der Waals surface area contributed by atoms with Crippen molar-refractivity contribution in [2.45, 2.75) is 0 Å². The van der Waals surface area contributed by atoms with Gasteiger partial charge in [0.1, 0.15) is 0 Å². The molecular formula is C6H4N2S2. The summed E-state index contributed by atoms with van der Waals surface area (Å²) < 4.78 is 6.81. The Bertz CT molecular complexity index is 401. The molecule has 0 aliphatic rings. The van der Waals surface area contributed by atoms with Crippen LogP contribution in [0, 0.1) is 3.95 Å². The van der Waals surface area contributed by atoms with Crippen LogP contribution in [-0.2, 0) is 0 Å². The Labute approximate surface area is 66.9 Å². The van der Waals surface area contributed by atoms with Crippen LogP contribution in [0.3, 0.4) is 0 Å². The van der Waals surface area contributed by atoms with Gasteiger partial charge in [-0.3, -0.25) is 4.40 Å². The molecule has 0 unspecified atom stereocenters. The van der Waals surface area contributed by atoms with Gasteiger partial charge in [0.05, 0.1) is 0 Å². The lowest BCUT2D eigenvalue weighted by molar-refractivity contribution is 1.17. The number of pyridine rings is 1. The van der Waals surface area contributed by atoms with Crippen molar-refractivity contribution in [3.05, 3.63) is 28.4 Å². The second-order valence-corrected chi connectivity index (χ2v) is 3.27. The zero-order chi connectivity index (χ0) is 6.97. The summed E-state index contributed by atoms with van der Waals surface area (Å²) in [5, 5.41) is 0. The fourth-order valence-corrected chi connectivity index (χ4v) is 1.62. The first-order chi connectivity index (χ1) is 4.88. The Hall–Kier alpha value is -0.740. The first kappa shape index (κ1) is 6.00. The molecule has 0 N–H and O–H groups in total. The number of rotatable bonds is 0. The van der Waals surface area contributed by atoms with Gasteiger partial charge in [-0.2, -0.15) is 4.37 Å². The predicted octanol–water partition coefficient (Wildman–Crippen LogP) is 2.13. The van der Waals surface area contributed by atoms with E-state index in [1.165, 1.54) is 11.5 Å². The third-order valence-electron chi connectivity index (χ3n) is 1.25. The van der Waals surface area contributed by atoms with Crippen LogP contribution >= 0.6 is 23.8 Å². The van der Waals surface area contributed by atoms with Gasteiger partial charge in [0.15, 0.2) is 9.60 Å². The quantitative estimate of drug-likeness (QED) is 0.561. The van der Waals surface area contributed by atoms with Crippen LogP contribution in [-0.4, -0.2) is 8.77 Å². The molecule has 0 fully saturated rings. The SMILES string of the molecule is S=c1snc2ccccn12. The third kappa shape index (κ3) is 0.767. The molecule has 0 saturated heterocycles. The summed E-state index contributed by atoms with van der Waals surface area (Å²) >= 11 is 6.35.